The summed E-state index contributed by atoms with van der Waals surface area (Å²) in [7, 11) is 3.21. The van der Waals surface area contributed by atoms with E-state index < -0.39 is 0 Å². The number of fused-ring (bicyclic) bond motifs is 1. The molecular formula is C24H21BrN2O3. The van der Waals surface area contributed by atoms with Crippen molar-refractivity contribution in [3.05, 3.63) is 84.8 Å². The van der Waals surface area contributed by atoms with E-state index in [4.69, 9.17) is 9.47 Å². The Hall–Kier alpha value is -3.25. The van der Waals surface area contributed by atoms with Crippen LogP contribution >= 0.6 is 0 Å². The number of carbonyl (C=O) groups is 1. The number of methoxy groups -OCH3 is 2. The minimum absolute atomic E-state index is 0. The number of benzene rings is 3. The van der Waals surface area contributed by atoms with E-state index >= 15 is 0 Å². The summed E-state index contributed by atoms with van der Waals surface area (Å²) >= 11 is 0. The van der Waals surface area contributed by atoms with Gasteiger partial charge >= 0.3 is 0 Å². The van der Waals surface area contributed by atoms with Crippen LogP contribution in [0.15, 0.2) is 79.3 Å². The predicted octanol–water partition coefficient (Wildman–Crippen LogP) is 1.09. The monoisotopic (exact) mass is 464 g/mol. The van der Waals surface area contributed by atoms with E-state index in [-0.39, 0.29) is 29.3 Å². The molecule has 6 heteroatoms. The molecule has 5 nitrogen and oxygen atoms in total. The fourth-order valence-electron chi connectivity index (χ4n) is 3.26. The maximum absolute atomic E-state index is 12.7. The number of halogens is 1. The zero-order valence-electron chi connectivity index (χ0n) is 16.7. The highest BCUT2D eigenvalue weighted by Gasteiger charge is 2.14. The van der Waals surface area contributed by atoms with Gasteiger partial charge in [-0.1, -0.05) is 36.4 Å². The zero-order chi connectivity index (χ0) is 20.2. The average molecular weight is 465 g/mol. The van der Waals surface area contributed by atoms with Crippen LogP contribution in [0, 0.1) is 0 Å². The molecule has 0 aliphatic carbocycles. The average Bonchev–Trinajstić information content (AvgIpc) is 2.78. The van der Waals surface area contributed by atoms with Gasteiger partial charge in [-0.25, -0.2) is 4.57 Å². The van der Waals surface area contributed by atoms with Gasteiger partial charge in [-0.3, -0.25) is 4.79 Å². The summed E-state index contributed by atoms with van der Waals surface area (Å²) < 4.78 is 12.4. The van der Waals surface area contributed by atoms with Crippen molar-refractivity contribution in [2.45, 2.75) is 6.54 Å². The SMILES string of the molecule is COc1ccc(-c2cc[n+](CC(=O)c3ccc4ccccc4c3)cn2)cc1OC.[Br-]. The molecule has 3 aromatic carbocycles. The Kier molecular flexibility index (Phi) is 6.79. The van der Waals surface area contributed by atoms with Crippen molar-refractivity contribution in [2.75, 3.05) is 14.2 Å². The number of aromatic nitrogens is 2. The van der Waals surface area contributed by atoms with E-state index in [0.717, 1.165) is 22.0 Å². The van der Waals surface area contributed by atoms with Crippen LogP contribution in [-0.2, 0) is 6.54 Å². The molecule has 0 saturated carbocycles. The fourth-order valence-corrected chi connectivity index (χ4v) is 3.26. The topological polar surface area (TPSA) is 52.3 Å². The molecule has 0 amide bonds. The lowest BCUT2D eigenvalue weighted by atomic mass is 10.0. The minimum Gasteiger partial charge on any atom is -1.00 e. The Morgan fingerprint density at radius 1 is 0.900 bits per heavy atom. The lowest BCUT2D eigenvalue weighted by Crippen LogP contribution is -3.00. The first kappa shape index (κ1) is 21.5. The number of Topliss-reactive ketones (excluding diaryl/α,β-unsaturated/α-hetero) is 1. The Balaban J connectivity index is 0.00000256. The van der Waals surface area contributed by atoms with Crippen molar-refractivity contribution in [3.8, 4) is 22.8 Å². The Morgan fingerprint density at radius 2 is 1.67 bits per heavy atom. The molecule has 30 heavy (non-hydrogen) atoms. The van der Waals surface area contributed by atoms with E-state index in [9.17, 15) is 4.79 Å². The lowest BCUT2D eigenvalue weighted by molar-refractivity contribution is -0.686. The number of ketones is 1. The van der Waals surface area contributed by atoms with Gasteiger partial charge in [-0.2, -0.15) is 0 Å². The molecule has 1 aromatic heterocycles. The quantitative estimate of drug-likeness (QED) is 0.316. The van der Waals surface area contributed by atoms with Crippen LogP contribution in [-0.4, -0.2) is 25.0 Å². The van der Waals surface area contributed by atoms with Crippen LogP contribution in [0.25, 0.3) is 22.0 Å². The van der Waals surface area contributed by atoms with E-state index in [1.54, 1.807) is 25.1 Å². The number of nitrogens with zero attached hydrogens (tertiary/aromatic N) is 2. The van der Waals surface area contributed by atoms with Crippen molar-refractivity contribution in [2.24, 2.45) is 0 Å². The Morgan fingerprint density at radius 3 is 2.37 bits per heavy atom. The molecule has 0 N–H and O–H groups in total. The standard InChI is InChI=1S/C24H21N2O3.BrH/c1-28-23-10-9-19(14-24(23)29-2)21-11-12-26(16-25-21)15-22(27)20-8-7-17-5-3-4-6-18(17)13-20;/h3-14,16H,15H2,1-2H3;1H/q+1;/p-1. The highest BCUT2D eigenvalue weighted by atomic mass is 79.9. The molecule has 0 aliphatic rings. The molecule has 4 rings (SSSR count). The molecule has 0 aliphatic heterocycles. The van der Waals surface area contributed by atoms with Crippen LogP contribution in [0.2, 0.25) is 0 Å². The van der Waals surface area contributed by atoms with Gasteiger partial charge in [0.25, 0.3) is 6.33 Å². The molecule has 0 spiro atoms. The van der Waals surface area contributed by atoms with Gasteiger partial charge in [0, 0.05) is 17.2 Å². The van der Waals surface area contributed by atoms with Crippen LogP contribution < -0.4 is 31.0 Å². The van der Waals surface area contributed by atoms with Crippen molar-refractivity contribution in [1.82, 2.24) is 4.98 Å². The maximum Gasteiger partial charge on any atom is 0.287 e. The van der Waals surface area contributed by atoms with Gasteiger partial charge in [0.15, 0.2) is 23.7 Å². The second-order valence-corrected chi connectivity index (χ2v) is 6.67. The number of rotatable bonds is 6. The second-order valence-electron chi connectivity index (χ2n) is 6.67. The molecule has 4 aromatic rings. The molecule has 0 saturated heterocycles. The third-order valence-corrected chi connectivity index (χ3v) is 4.85. The summed E-state index contributed by atoms with van der Waals surface area (Å²) in [5.41, 5.74) is 2.40. The molecule has 0 radical (unpaired) electrons. The number of hydrogen-bond acceptors (Lipinski definition) is 4. The van der Waals surface area contributed by atoms with Gasteiger partial charge in [-0.05, 0) is 40.0 Å². The molecule has 1 heterocycles. The van der Waals surface area contributed by atoms with Gasteiger partial charge in [0.05, 0.1) is 20.4 Å². The molecule has 0 unspecified atom stereocenters. The summed E-state index contributed by atoms with van der Waals surface area (Å²) in [6, 6.07) is 21.3. The van der Waals surface area contributed by atoms with Crippen molar-refractivity contribution >= 4 is 16.6 Å². The molecule has 0 atom stereocenters. The Bertz CT molecular complexity index is 1180. The van der Waals surface area contributed by atoms with Crippen LogP contribution in [0.3, 0.4) is 0 Å². The number of carbonyl (C=O) groups excluding carboxylic acids is 1. The van der Waals surface area contributed by atoms with Crippen molar-refractivity contribution < 1.29 is 35.8 Å². The van der Waals surface area contributed by atoms with Gasteiger partial charge in [0.1, 0.15) is 0 Å². The molecule has 0 bridgehead atoms. The maximum atomic E-state index is 12.7. The third-order valence-electron chi connectivity index (χ3n) is 4.85. The summed E-state index contributed by atoms with van der Waals surface area (Å²) in [6.07, 6.45) is 3.53. The van der Waals surface area contributed by atoms with Crippen molar-refractivity contribution in [1.29, 1.82) is 0 Å². The second kappa shape index (κ2) is 9.50. The van der Waals surface area contributed by atoms with E-state index in [1.165, 1.54) is 0 Å². The van der Waals surface area contributed by atoms with Crippen molar-refractivity contribution in [3.63, 3.8) is 0 Å². The van der Waals surface area contributed by atoms with Gasteiger partial charge in [0.2, 0.25) is 5.78 Å². The largest absolute Gasteiger partial charge is 1.00 e. The third kappa shape index (κ3) is 4.49. The normalized spacial score (nSPS) is 10.3. The van der Waals surface area contributed by atoms with Crippen LogP contribution in [0.5, 0.6) is 11.5 Å². The summed E-state index contributed by atoms with van der Waals surface area (Å²) in [5, 5.41) is 2.18. The van der Waals surface area contributed by atoms with Crippen LogP contribution in [0.1, 0.15) is 10.4 Å². The van der Waals surface area contributed by atoms with Gasteiger partial charge < -0.3 is 26.5 Å². The molecule has 152 valence electrons. The van der Waals surface area contributed by atoms with E-state index in [0.29, 0.717) is 17.1 Å². The van der Waals surface area contributed by atoms with Crippen LogP contribution in [0.4, 0.5) is 0 Å². The number of hydrogen-bond donors (Lipinski definition) is 0. The first-order valence-electron chi connectivity index (χ1n) is 9.27. The lowest BCUT2D eigenvalue weighted by Gasteiger charge is -2.08. The molecule has 0 fully saturated rings. The summed E-state index contributed by atoms with van der Waals surface area (Å²) in [5.74, 6) is 1.36. The Labute approximate surface area is 185 Å². The minimum atomic E-state index is 0. The predicted molar refractivity (Wildman–Crippen MR) is 111 cm³/mol. The van der Waals surface area contributed by atoms with E-state index in [1.807, 2.05) is 72.9 Å². The first-order chi connectivity index (χ1) is 14.2. The zero-order valence-corrected chi connectivity index (χ0v) is 18.3. The first-order valence-corrected chi connectivity index (χ1v) is 9.27. The molecular weight excluding hydrogens is 444 g/mol. The summed E-state index contributed by atoms with van der Waals surface area (Å²) in [4.78, 5) is 17.2. The highest BCUT2D eigenvalue weighted by molar-refractivity contribution is 5.99. The fraction of sp³-hybridized carbons (Fsp3) is 0.125. The highest BCUT2D eigenvalue weighted by Crippen LogP contribution is 2.31. The number of ether oxygens (including phenoxy) is 2. The summed E-state index contributed by atoms with van der Waals surface area (Å²) in [6.45, 7) is 0.234. The smallest absolute Gasteiger partial charge is 0.287 e. The van der Waals surface area contributed by atoms with E-state index in [2.05, 4.69) is 4.98 Å². The van der Waals surface area contributed by atoms with Gasteiger partial charge in [-0.15, -0.1) is 0 Å².